The van der Waals surface area contributed by atoms with Crippen molar-refractivity contribution in [1.29, 1.82) is 0 Å². The molecule has 1 heterocycles. The highest BCUT2D eigenvalue weighted by Gasteiger charge is 2.33. The lowest BCUT2D eigenvalue weighted by Gasteiger charge is -2.39. The first kappa shape index (κ1) is 20.8. The topological polar surface area (TPSA) is 32.7 Å². The number of likely N-dealkylation sites (tertiary alicyclic amines) is 1. The SMILES string of the molecule is C[C@H]1C[C@H](OC[C@H](O)CN2CCC(Cc3ccccc3)CC2)CC(C)(C)C1. The molecule has 1 saturated carbocycles. The molecule has 0 spiro atoms. The molecule has 3 rings (SSSR count). The minimum Gasteiger partial charge on any atom is -0.389 e. The third kappa shape index (κ3) is 6.89. The van der Waals surface area contributed by atoms with E-state index in [1.165, 1.54) is 31.2 Å². The molecular weight excluding hydrogens is 334 g/mol. The predicted molar refractivity (Wildman–Crippen MR) is 112 cm³/mol. The van der Waals surface area contributed by atoms with Gasteiger partial charge in [0, 0.05) is 6.54 Å². The molecule has 3 nitrogen and oxygen atoms in total. The molecule has 0 amide bonds. The molecule has 27 heavy (non-hydrogen) atoms. The lowest BCUT2D eigenvalue weighted by Crippen LogP contribution is -2.41. The third-order valence-corrected chi connectivity index (χ3v) is 6.41. The average Bonchev–Trinajstić information content (AvgIpc) is 2.61. The van der Waals surface area contributed by atoms with Gasteiger partial charge in [-0.05, 0) is 74.4 Å². The quantitative estimate of drug-likeness (QED) is 0.762. The largest absolute Gasteiger partial charge is 0.389 e. The second kappa shape index (κ2) is 9.54. The smallest absolute Gasteiger partial charge is 0.0900 e. The van der Waals surface area contributed by atoms with E-state index in [2.05, 4.69) is 56.0 Å². The summed E-state index contributed by atoms with van der Waals surface area (Å²) >= 11 is 0. The van der Waals surface area contributed by atoms with Gasteiger partial charge in [-0.1, -0.05) is 51.1 Å². The molecule has 0 aromatic heterocycles. The number of β-amino-alcohol motifs (C(OH)–C–C–N with tert-alkyl or cyclic N) is 1. The van der Waals surface area contributed by atoms with Crippen molar-refractivity contribution < 1.29 is 9.84 Å². The summed E-state index contributed by atoms with van der Waals surface area (Å²) in [4.78, 5) is 2.42. The Labute approximate surface area is 166 Å². The van der Waals surface area contributed by atoms with Crippen LogP contribution in [0.3, 0.4) is 0 Å². The molecule has 1 saturated heterocycles. The van der Waals surface area contributed by atoms with Crippen LogP contribution in [0.2, 0.25) is 0 Å². The molecule has 0 bridgehead atoms. The highest BCUT2D eigenvalue weighted by atomic mass is 16.5. The van der Waals surface area contributed by atoms with Crippen molar-refractivity contribution in [2.75, 3.05) is 26.2 Å². The average molecular weight is 374 g/mol. The van der Waals surface area contributed by atoms with Gasteiger partial charge in [0.25, 0.3) is 0 Å². The van der Waals surface area contributed by atoms with Gasteiger partial charge in [0.15, 0.2) is 0 Å². The molecule has 1 aliphatic carbocycles. The summed E-state index contributed by atoms with van der Waals surface area (Å²) < 4.78 is 6.12. The van der Waals surface area contributed by atoms with E-state index in [1.807, 2.05) is 0 Å². The third-order valence-electron chi connectivity index (χ3n) is 6.41. The molecule has 2 aliphatic rings. The number of ether oxygens (including phenoxy) is 1. The van der Waals surface area contributed by atoms with Crippen LogP contribution in [0.4, 0.5) is 0 Å². The van der Waals surface area contributed by atoms with Crippen LogP contribution in [0.5, 0.6) is 0 Å². The first-order valence-electron chi connectivity index (χ1n) is 11.0. The van der Waals surface area contributed by atoms with Crippen LogP contribution in [0.15, 0.2) is 30.3 Å². The number of rotatable bonds is 7. The summed E-state index contributed by atoms with van der Waals surface area (Å²) in [5.41, 5.74) is 1.82. The van der Waals surface area contributed by atoms with Gasteiger partial charge >= 0.3 is 0 Å². The molecule has 1 aromatic rings. The van der Waals surface area contributed by atoms with Crippen molar-refractivity contribution in [3.8, 4) is 0 Å². The van der Waals surface area contributed by atoms with E-state index in [0.29, 0.717) is 18.1 Å². The van der Waals surface area contributed by atoms with Crippen molar-refractivity contribution >= 4 is 0 Å². The minimum absolute atomic E-state index is 0.315. The van der Waals surface area contributed by atoms with Crippen molar-refractivity contribution in [3.63, 3.8) is 0 Å². The first-order valence-corrected chi connectivity index (χ1v) is 11.0. The van der Waals surface area contributed by atoms with Crippen LogP contribution < -0.4 is 0 Å². The fraction of sp³-hybridized carbons (Fsp3) is 0.750. The zero-order valence-electron chi connectivity index (χ0n) is 17.6. The fourth-order valence-electron chi connectivity index (χ4n) is 5.30. The lowest BCUT2D eigenvalue weighted by atomic mass is 9.71. The molecule has 152 valence electrons. The standard InChI is InChI=1S/C24H39NO2/c1-19-13-23(16-24(2,3)15-19)27-18-22(26)17-25-11-9-21(10-12-25)14-20-7-5-4-6-8-20/h4-8,19,21-23,26H,9-18H2,1-3H3/t19-,22+,23-/m0/s1. The maximum Gasteiger partial charge on any atom is 0.0900 e. The summed E-state index contributed by atoms with van der Waals surface area (Å²) in [7, 11) is 0. The molecule has 1 aromatic carbocycles. The Bertz CT molecular complexity index is 551. The Morgan fingerprint density at radius 3 is 2.52 bits per heavy atom. The van der Waals surface area contributed by atoms with Crippen molar-refractivity contribution in [1.82, 2.24) is 4.90 Å². The number of hydrogen-bond acceptors (Lipinski definition) is 3. The van der Waals surface area contributed by atoms with Gasteiger partial charge in [-0.15, -0.1) is 0 Å². The summed E-state index contributed by atoms with van der Waals surface area (Å²) in [5.74, 6) is 1.50. The maximum atomic E-state index is 10.5. The summed E-state index contributed by atoms with van der Waals surface area (Å²) in [6, 6.07) is 10.8. The predicted octanol–water partition coefficient (Wildman–Crippen LogP) is 4.53. The van der Waals surface area contributed by atoms with E-state index >= 15 is 0 Å². The van der Waals surface area contributed by atoms with Gasteiger partial charge in [0.05, 0.1) is 18.8 Å². The molecular formula is C24H39NO2. The molecule has 0 radical (unpaired) electrons. The highest BCUT2D eigenvalue weighted by Crippen LogP contribution is 2.39. The highest BCUT2D eigenvalue weighted by molar-refractivity contribution is 5.15. The van der Waals surface area contributed by atoms with Gasteiger partial charge in [-0.2, -0.15) is 0 Å². The van der Waals surface area contributed by atoms with E-state index in [-0.39, 0.29) is 6.10 Å². The van der Waals surface area contributed by atoms with Gasteiger partial charge < -0.3 is 14.7 Å². The van der Waals surface area contributed by atoms with Crippen LogP contribution in [0.1, 0.15) is 58.4 Å². The molecule has 3 atom stereocenters. The Morgan fingerprint density at radius 1 is 1.15 bits per heavy atom. The second-order valence-electron chi connectivity index (χ2n) is 9.96. The zero-order valence-corrected chi connectivity index (χ0v) is 17.6. The normalized spacial score (nSPS) is 28.1. The van der Waals surface area contributed by atoms with E-state index in [0.717, 1.165) is 44.3 Å². The van der Waals surface area contributed by atoms with Gasteiger partial charge in [0.2, 0.25) is 0 Å². The lowest BCUT2D eigenvalue weighted by molar-refractivity contribution is -0.0627. The number of hydrogen-bond donors (Lipinski definition) is 1. The number of aliphatic hydroxyl groups excluding tert-OH is 1. The van der Waals surface area contributed by atoms with E-state index in [1.54, 1.807) is 0 Å². The Balaban J connectivity index is 1.34. The number of aliphatic hydroxyl groups is 1. The van der Waals surface area contributed by atoms with Crippen LogP contribution in [-0.4, -0.2) is 48.5 Å². The molecule has 3 heteroatoms. The summed E-state index contributed by atoms with van der Waals surface area (Å²) in [6.07, 6.45) is 7.15. The maximum absolute atomic E-state index is 10.5. The number of piperidine rings is 1. The van der Waals surface area contributed by atoms with Crippen LogP contribution in [0.25, 0.3) is 0 Å². The zero-order chi connectivity index (χ0) is 19.3. The molecule has 2 fully saturated rings. The Morgan fingerprint density at radius 2 is 1.85 bits per heavy atom. The monoisotopic (exact) mass is 373 g/mol. The number of benzene rings is 1. The van der Waals surface area contributed by atoms with Crippen molar-refractivity contribution in [2.45, 2.75) is 71.5 Å². The Hall–Kier alpha value is -0.900. The van der Waals surface area contributed by atoms with Crippen LogP contribution >= 0.6 is 0 Å². The van der Waals surface area contributed by atoms with Crippen LogP contribution in [-0.2, 0) is 11.2 Å². The van der Waals surface area contributed by atoms with Crippen molar-refractivity contribution in [3.05, 3.63) is 35.9 Å². The van der Waals surface area contributed by atoms with E-state index in [4.69, 9.17) is 4.74 Å². The first-order chi connectivity index (χ1) is 12.9. The minimum atomic E-state index is -0.365. The van der Waals surface area contributed by atoms with Gasteiger partial charge in [-0.3, -0.25) is 0 Å². The molecule has 1 aliphatic heterocycles. The Kier molecular flexibility index (Phi) is 7.35. The van der Waals surface area contributed by atoms with Crippen LogP contribution in [0, 0.1) is 17.3 Å². The summed E-state index contributed by atoms with van der Waals surface area (Å²) in [6.45, 7) is 10.4. The van der Waals surface area contributed by atoms with Crippen molar-refractivity contribution in [2.24, 2.45) is 17.3 Å². The fourth-order valence-corrected chi connectivity index (χ4v) is 5.30. The second-order valence-corrected chi connectivity index (χ2v) is 9.96. The number of nitrogens with zero attached hydrogens (tertiary/aromatic N) is 1. The van der Waals surface area contributed by atoms with Gasteiger partial charge in [-0.25, -0.2) is 0 Å². The molecule has 1 N–H and O–H groups in total. The molecule has 0 unspecified atom stereocenters. The van der Waals surface area contributed by atoms with E-state index in [9.17, 15) is 5.11 Å². The van der Waals surface area contributed by atoms with E-state index < -0.39 is 0 Å². The summed E-state index contributed by atoms with van der Waals surface area (Å²) in [5, 5.41) is 10.5. The van der Waals surface area contributed by atoms with Gasteiger partial charge in [0.1, 0.15) is 0 Å².